The molecule has 0 aliphatic rings. The predicted molar refractivity (Wildman–Crippen MR) is 72.2 cm³/mol. The van der Waals surface area contributed by atoms with Crippen molar-refractivity contribution in [2.75, 3.05) is 20.6 Å². The van der Waals surface area contributed by atoms with Gasteiger partial charge in [0.05, 0.1) is 5.56 Å². The number of aromatic nitrogens is 1. The van der Waals surface area contributed by atoms with E-state index < -0.39 is 5.97 Å². The lowest BCUT2D eigenvalue weighted by atomic mass is 10.1. The topological polar surface area (TPSA) is 45.5 Å². The number of benzene rings is 1. The Balaban J connectivity index is 2.46. The number of nitrogens with zero attached hydrogens (tertiary/aromatic N) is 2. The quantitative estimate of drug-likeness (QED) is 0.899. The van der Waals surface area contributed by atoms with Gasteiger partial charge < -0.3 is 14.6 Å². The third-order valence-electron chi connectivity index (χ3n) is 3.13. The molecule has 0 bridgehead atoms. The van der Waals surface area contributed by atoms with Crippen molar-refractivity contribution in [2.24, 2.45) is 0 Å². The normalized spacial score (nSPS) is 11.3. The van der Waals surface area contributed by atoms with Gasteiger partial charge in [0, 0.05) is 30.2 Å². The Kier molecular flexibility index (Phi) is 3.39. The molecule has 0 radical (unpaired) electrons. The largest absolute Gasteiger partial charge is 0.478 e. The summed E-state index contributed by atoms with van der Waals surface area (Å²) >= 11 is 0. The van der Waals surface area contributed by atoms with Gasteiger partial charge in [-0.3, -0.25) is 0 Å². The van der Waals surface area contributed by atoms with Gasteiger partial charge in [-0.2, -0.15) is 0 Å². The first kappa shape index (κ1) is 12.6. The minimum absolute atomic E-state index is 0.352. The van der Waals surface area contributed by atoms with Crippen LogP contribution in [0.3, 0.4) is 0 Å². The summed E-state index contributed by atoms with van der Waals surface area (Å²) in [5.41, 5.74) is 2.35. The number of fused-ring (bicyclic) bond motifs is 1. The Morgan fingerprint density at radius 3 is 2.72 bits per heavy atom. The molecule has 4 heteroatoms. The minimum Gasteiger partial charge on any atom is -0.478 e. The van der Waals surface area contributed by atoms with Crippen molar-refractivity contribution in [3.8, 4) is 0 Å². The lowest BCUT2D eigenvalue weighted by Crippen LogP contribution is -2.18. The maximum atomic E-state index is 11.1. The number of aromatic carboxylic acids is 1. The average molecular weight is 246 g/mol. The fraction of sp³-hybridized carbons (Fsp3) is 0.357. The van der Waals surface area contributed by atoms with E-state index in [2.05, 4.69) is 9.47 Å². The fourth-order valence-corrected chi connectivity index (χ4v) is 2.11. The molecule has 1 aromatic heterocycles. The molecule has 2 aromatic rings. The van der Waals surface area contributed by atoms with Crippen molar-refractivity contribution in [3.63, 3.8) is 0 Å². The molecule has 0 spiro atoms. The number of carboxylic acids is 1. The summed E-state index contributed by atoms with van der Waals surface area (Å²) in [7, 11) is 4.05. The van der Waals surface area contributed by atoms with Gasteiger partial charge >= 0.3 is 5.97 Å². The van der Waals surface area contributed by atoms with Gasteiger partial charge in [0.2, 0.25) is 0 Å². The van der Waals surface area contributed by atoms with Crippen LogP contribution in [0.15, 0.2) is 24.4 Å². The summed E-state index contributed by atoms with van der Waals surface area (Å²) in [6.07, 6.45) is 2.02. The van der Waals surface area contributed by atoms with E-state index in [9.17, 15) is 4.79 Å². The van der Waals surface area contributed by atoms with E-state index in [1.807, 2.05) is 33.3 Å². The molecule has 0 fully saturated rings. The highest BCUT2D eigenvalue weighted by molar-refractivity contribution is 5.95. The fourth-order valence-electron chi connectivity index (χ4n) is 2.11. The van der Waals surface area contributed by atoms with E-state index >= 15 is 0 Å². The molecule has 0 saturated carbocycles. The minimum atomic E-state index is -0.875. The molecule has 18 heavy (non-hydrogen) atoms. The smallest absolute Gasteiger partial charge is 0.335 e. The number of carbonyl (C=O) groups is 1. The lowest BCUT2D eigenvalue weighted by Gasteiger charge is -2.11. The van der Waals surface area contributed by atoms with E-state index in [0.29, 0.717) is 5.56 Å². The first-order chi connectivity index (χ1) is 8.49. The number of rotatable bonds is 4. The monoisotopic (exact) mass is 246 g/mol. The zero-order valence-electron chi connectivity index (χ0n) is 11.0. The van der Waals surface area contributed by atoms with Crippen LogP contribution in [0.4, 0.5) is 0 Å². The Morgan fingerprint density at radius 1 is 1.39 bits per heavy atom. The third kappa shape index (κ3) is 2.38. The molecule has 0 aliphatic heterocycles. The average Bonchev–Trinajstić information content (AvgIpc) is 2.69. The molecule has 4 nitrogen and oxygen atoms in total. The molecule has 0 amide bonds. The second kappa shape index (κ2) is 4.82. The van der Waals surface area contributed by atoms with Gasteiger partial charge in [-0.1, -0.05) is 0 Å². The SMILES string of the molecule is Cc1cc(C(=O)O)cc2c1ccn2CCN(C)C. The van der Waals surface area contributed by atoms with Crippen LogP contribution in [0.25, 0.3) is 10.9 Å². The first-order valence-corrected chi connectivity index (χ1v) is 5.96. The Labute approximate surface area is 106 Å². The Bertz CT molecular complexity index is 585. The zero-order chi connectivity index (χ0) is 13.3. The molecule has 1 aromatic carbocycles. The second-order valence-corrected chi connectivity index (χ2v) is 4.84. The molecule has 0 aliphatic carbocycles. The van der Waals surface area contributed by atoms with Crippen molar-refractivity contribution >= 4 is 16.9 Å². The summed E-state index contributed by atoms with van der Waals surface area (Å²) in [6.45, 7) is 3.74. The second-order valence-electron chi connectivity index (χ2n) is 4.84. The van der Waals surface area contributed by atoms with Crippen molar-refractivity contribution in [3.05, 3.63) is 35.5 Å². The molecule has 1 heterocycles. The van der Waals surface area contributed by atoms with Gasteiger partial charge in [-0.15, -0.1) is 0 Å². The van der Waals surface area contributed by atoms with Crippen LogP contribution in [0.2, 0.25) is 0 Å². The van der Waals surface area contributed by atoms with Crippen LogP contribution in [-0.2, 0) is 6.54 Å². The number of carboxylic acid groups (broad SMARTS) is 1. The maximum Gasteiger partial charge on any atom is 0.335 e. The van der Waals surface area contributed by atoms with Gasteiger partial charge in [-0.05, 0) is 44.8 Å². The summed E-state index contributed by atoms with van der Waals surface area (Å²) < 4.78 is 2.11. The van der Waals surface area contributed by atoms with Crippen molar-refractivity contribution in [1.82, 2.24) is 9.47 Å². The number of hydrogen-bond donors (Lipinski definition) is 1. The number of hydrogen-bond acceptors (Lipinski definition) is 2. The van der Waals surface area contributed by atoms with E-state index in [-0.39, 0.29) is 0 Å². The number of aryl methyl sites for hydroxylation is 1. The van der Waals surface area contributed by atoms with Gasteiger partial charge in [0.15, 0.2) is 0 Å². The molecule has 2 rings (SSSR count). The zero-order valence-corrected chi connectivity index (χ0v) is 11.0. The lowest BCUT2D eigenvalue weighted by molar-refractivity contribution is 0.0697. The third-order valence-corrected chi connectivity index (χ3v) is 3.13. The van der Waals surface area contributed by atoms with Crippen LogP contribution in [-0.4, -0.2) is 41.2 Å². The maximum absolute atomic E-state index is 11.1. The van der Waals surface area contributed by atoms with Crippen molar-refractivity contribution < 1.29 is 9.90 Å². The van der Waals surface area contributed by atoms with Gasteiger partial charge in [-0.25, -0.2) is 4.79 Å². The Morgan fingerprint density at radius 2 is 2.11 bits per heavy atom. The van der Waals surface area contributed by atoms with Crippen LogP contribution < -0.4 is 0 Å². The summed E-state index contributed by atoms with van der Waals surface area (Å²) in [5, 5.41) is 10.2. The first-order valence-electron chi connectivity index (χ1n) is 5.96. The number of likely N-dealkylation sites (N-methyl/N-ethyl adjacent to an activating group) is 1. The summed E-state index contributed by atoms with van der Waals surface area (Å²) in [6, 6.07) is 5.52. The molecule has 0 saturated heterocycles. The molecule has 0 unspecified atom stereocenters. The summed E-state index contributed by atoms with van der Waals surface area (Å²) in [4.78, 5) is 13.2. The molecule has 0 atom stereocenters. The van der Waals surface area contributed by atoms with Crippen molar-refractivity contribution in [1.29, 1.82) is 0 Å². The Hall–Kier alpha value is -1.81. The van der Waals surface area contributed by atoms with Crippen LogP contribution in [0.5, 0.6) is 0 Å². The highest BCUT2D eigenvalue weighted by Gasteiger charge is 2.09. The van der Waals surface area contributed by atoms with E-state index in [1.165, 1.54) is 0 Å². The van der Waals surface area contributed by atoms with Crippen LogP contribution in [0.1, 0.15) is 15.9 Å². The highest BCUT2D eigenvalue weighted by Crippen LogP contribution is 2.22. The predicted octanol–water partition coefficient (Wildman–Crippen LogP) is 2.21. The molecular formula is C14H18N2O2. The molecule has 1 N–H and O–H groups in total. The van der Waals surface area contributed by atoms with Crippen LogP contribution >= 0.6 is 0 Å². The molecule has 96 valence electrons. The standard InChI is InChI=1S/C14H18N2O2/c1-10-8-11(14(17)18)9-13-12(10)4-5-16(13)7-6-15(2)3/h4-5,8-9H,6-7H2,1-3H3,(H,17,18). The molecular weight excluding hydrogens is 228 g/mol. The van der Waals surface area contributed by atoms with E-state index in [1.54, 1.807) is 12.1 Å². The van der Waals surface area contributed by atoms with E-state index in [4.69, 9.17) is 5.11 Å². The van der Waals surface area contributed by atoms with Gasteiger partial charge in [0.1, 0.15) is 0 Å². The highest BCUT2D eigenvalue weighted by atomic mass is 16.4. The summed E-state index contributed by atoms with van der Waals surface area (Å²) in [5.74, 6) is -0.875. The van der Waals surface area contributed by atoms with Crippen molar-refractivity contribution in [2.45, 2.75) is 13.5 Å². The van der Waals surface area contributed by atoms with Crippen LogP contribution in [0, 0.1) is 6.92 Å². The van der Waals surface area contributed by atoms with E-state index in [0.717, 1.165) is 29.6 Å². The van der Waals surface area contributed by atoms with Gasteiger partial charge in [0.25, 0.3) is 0 Å².